The van der Waals surface area contributed by atoms with Crippen LogP contribution in [0, 0.1) is 6.92 Å². The van der Waals surface area contributed by atoms with Gasteiger partial charge in [-0.15, -0.1) is 0 Å². The van der Waals surface area contributed by atoms with E-state index in [1.807, 2.05) is 50.2 Å². The Labute approximate surface area is 142 Å². The lowest BCUT2D eigenvalue weighted by Crippen LogP contribution is -2.27. The molecular formula is C20H23NO3. The highest BCUT2D eigenvalue weighted by Crippen LogP contribution is 2.26. The van der Waals surface area contributed by atoms with Gasteiger partial charge in [0, 0.05) is 24.0 Å². The molecule has 0 aliphatic heterocycles. The van der Waals surface area contributed by atoms with E-state index >= 15 is 0 Å². The number of amides is 1. The summed E-state index contributed by atoms with van der Waals surface area (Å²) in [5, 5.41) is 2.93. The Bertz CT molecular complexity index is 710. The predicted octanol–water partition coefficient (Wildman–Crippen LogP) is 3.84. The SMILES string of the molecule is COc1ccc(C)cc1[C@H](C)NC(=O)CCC(=O)c1ccccc1. The molecular weight excluding hydrogens is 302 g/mol. The first-order valence-corrected chi connectivity index (χ1v) is 8.03. The average Bonchev–Trinajstić information content (AvgIpc) is 2.60. The number of ketones is 1. The smallest absolute Gasteiger partial charge is 0.220 e. The first kappa shape index (κ1) is 17.7. The standard InChI is InChI=1S/C20H23NO3/c1-14-9-11-19(24-3)17(13-14)15(2)21-20(23)12-10-18(22)16-7-5-4-6-8-16/h4-9,11,13,15H,10,12H2,1-3H3,(H,21,23)/t15-/m0/s1. The highest BCUT2D eigenvalue weighted by molar-refractivity contribution is 5.97. The molecule has 0 heterocycles. The number of aryl methyl sites for hydroxylation is 1. The molecule has 1 atom stereocenters. The summed E-state index contributed by atoms with van der Waals surface area (Å²) in [7, 11) is 1.61. The van der Waals surface area contributed by atoms with Gasteiger partial charge in [0.05, 0.1) is 13.2 Å². The number of Topliss-reactive ketones (excluding diaryl/α,β-unsaturated/α-hetero) is 1. The van der Waals surface area contributed by atoms with Crippen LogP contribution in [-0.4, -0.2) is 18.8 Å². The van der Waals surface area contributed by atoms with Crippen molar-refractivity contribution in [2.24, 2.45) is 0 Å². The van der Waals surface area contributed by atoms with E-state index in [1.54, 1.807) is 19.2 Å². The van der Waals surface area contributed by atoms with Gasteiger partial charge in [-0.25, -0.2) is 0 Å². The summed E-state index contributed by atoms with van der Waals surface area (Å²) in [6, 6.07) is 14.7. The molecule has 0 unspecified atom stereocenters. The molecule has 1 amide bonds. The van der Waals surface area contributed by atoms with Crippen LogP contribution in [-0.2, 0) is 4.79 Å². The van der Waals surface area contributed by atoms with Crippen molar-refractivity contribution in [1.29, 1.82) is 0 Å². The third-order valence-electron chi connectivity index (χ3n) is 3.90. The summed E-state index contributed by atoms with van der Waals surface area (Å²) >= 11 is 0. The highest BCUT2D eigenvalue weighted by atomic mass is 16.5. The Morgan fingerprint density at radius 2 is 1.79 bits per heavy atom. The van der Waals surface area contributed by atoms with Crippen molar-refractivity contribution < 1.29 is 14.3 Å². The second-order valence-corrected chi connectivity index (χ2v) is 5.82. The zero-order valence-corrected chi connectivity index (χ0v) is 14.3. The van der Waals surface area contributed by atoms with Crippen molar-refractivity contribution in [3.05, 3.63) is 65.2 Å². The number of benzene rings is 2. The Kier molecular flexibility index (Phi) is 6.13. The first-order valence-electron chi connectivity index (χ1n) is 8.03. The number of carbonyl (C=O) groups excluding carboxylic acids is 2. The van der Waals surface area contributed by atoms with Gasteiger partial charge < -0.3 is 10.1 Å². The topological polar surface area (TPSA) is 55.4 Å². The first-order chi connectivity index (χ1) is 11.5. The van der Waals surface area contributed by atoms with Crippen LogP contribution >= 0.6 is 0 Å². The normalized spacial score (nSPS) is 11.6. The van der Waals surface area contributed by atoms with Crippen LogP contribution in [0.1, 0.15) is 47.3 Å². The molecule has 0 aliphatic rings. The van der Waals surface area contributed by atoms with Crippen molar-refractivity contribution in [3.8, 4) is 5.75 Å². The second-order valence-electron chi connectivity index (χ2n) is 5.82. The van der Waals surface area contributed by atoms with Crippen molar-refractivity contribution >= 4 is 11.7 Å². The van der Waals surface area contributed by atoms with Gasteiger partial charge in [0.15, 0.2) is 5.78 Å². The quantitative estimate of drug-likeness (QED) is 0.787. The largest absolute Gasteiger partial charge is 0.496 e. The van der Waals surface area contributed by atoms with Gasteiger partial charge in [0.2, 0.25) is 5.91 Å². The lowest BCUT2D eigenvalue weighted by Gasteiger charge is -2.18. The molecule has 126 valence electrons. The predicted molar refractivity (Wildman–Crippen MR) is 94.3 cm³/mol. The van der Waals surface area contributed by atoms with Crippen LogP contribution in [0.15, 0.2) is 48.5 Å². The van der Waals surface area contributed by atoms with E-state index in [2.05, 4.69) is 5.32 Å². The third kappa shape index (κ3) is 4.69. The lowest BCUT2D eigenvalue weighted by molar-refractivity contribution is -0.121. The molecule has 2 rings (SSSR count). The van der Waals surface area contributed by atoms with E-state index in [9.17, 15) is 9.59 Å². The van der Waals surface area contributed by atoms with Crippen LogP contribution < -0.4 is 10.1 Å². The molecule has 4 nitrogen and oxygen atoms in total. The molecule has 24 heavy (non-hydrogen) atoms. The minimum atomic E-state index is -0.181. The monoisotopic (exact) mass is 325 g/mol. The molecule has 2 aromatic rings. The maximum absolute atomic E-state index is 12.1. The Morgan fingerprint density at radius 1 is 1.08 bits per heavy atom. The fraction of sp³-hybridized carbons (Fsp3) is 0.300. The van der Waals surface area contributed by atoms with Crippen molar-refractivity contribution in [1.82, 2.24) is 5.32 Å². The van der Waals surface area contributed by atoms with E-state index in [0.29, 0.717) is 5.56 Å². The van der Waals surface area contributed by atoms with E-state index in [1.165, 1.54) is 0 Å². The fourth-order valence-corrected chi connectivity index (χ4v) is 2.58. The molecule has 0 spiro atoms. The minimum absolute atomic E-state index is 0.0217. The molecule has 1 N–H and O–H groups in total. The number of hydrogen-bond acceptors (Lipinski definition) is 3. The van der Waals surface area contributed by atoms with Crippen molar-refractivity contribution in [2.45, 2.75) is 32.7 Å². The molecule has 0 aliphatic carbocycles. The van der Waals surface area contributed by atoms with Crippen molar-refractivity contribution in [2.75, 3.05) is 7.11 Å². The van der Waals surface area contributed by atoms with Gasteiger partial charge in [-0.2, -0.15) is 0 Å². The van der Waals surface area contributed by atoms with Crippen molar-refractivity contribution in [3.63, 3.8) is 0 Å². The number of hydrogen-bond donors (Lipinski definition) is 1. The summed E-state index contributed by atoms with van der Waals surface area (Å²) in [6.07, 6.45) is 0.375. The van der Waals surface area contributed by atoms with Crippen LogP contribution in [0.2, 0.25) is 0 Å². The highest BCUT2D eigenvalue weighted by Gasteiger charge is 2.15. The Balaban J connectivity index is 1.92. The summed E-state index contributed by atoms with van der Waals surface area (Å²) < 4.78 is 5.35. The number of ether oxygens (including phenoxy) is 1. The molecule has 0 radical (unpaired) electrons. The van der Waals surface area contributed by atoms with Gasteiger partial charge in [0.1, 0.15) is 5.75 Å². The number of methoxy groups -OCH3 is 1. The second kappa shape index (κ2) is 8.29. The van der Waals surface area contributed by atoms with E-state index in [0.717, 1.165) is 16.9 Å². The van der Waals surface area contributed by atoms with E-state index in [4.69, 9.17) is 4.74 Å². The van der Waals surface area contributed by atoms with Crippen LogP contribution in [0.3, 0.4) is 0 Å². The molecule has 4 heteroatoms. The van der Waals surface area contributed by atoms with E-state index < -0.39 is 0 Å². The Hall–Kier alpha value is -2.62. The molecule has 0 bridgehead atoms. The average molecular weight is 325 g/mol. The third-order valence-corrected chi connectivity index (χ3v) is 3.90. The maximum Gasteiger partial charge on any atom is 0.220 e. The molecule has 0 aromatic heterocycles. The molecule has 0 saturated carbocycles. The minimum Gasteiger partial charge on any atom is -0.496 e. The molecule has 2 aromatic carbocycles. The van der Waals surface area contributed by atoms with Gasteiger partial charge in [-0.1, -0.05) is 48.0 Å². The lowest BCUT2D eigenvalue weighted by atomic mass is 10.0. The zero-order chi connectivity index (χ0) is 17.5. The summed E-state index contributed by atoms with van der Waals surface area (Å²) in [5.41, 5.74) is 2.67. The van der Waals surface area contributed by atoms with Gasteiger partial charge in [-0.3, -0.25) is 9.59 Å². The molecule has 0 saturated heterocycles. The van der Waals surface area contributed by atoms with Gasteiger partial charge in [-0.05, 0) is 19.9 Å². The molecule has 0 fully saturated rings. The fourth-order valence-electron chi connectivity index (χ4n) is 2.58. The Morgan fingerprint density at radius 3 is 2.46 bits per heavy atom. The zero-order valence-electron chi connectivity index (χ0n) is 14.3. The van der Waals surface area contributed by atoms with Gasteiger partial charge in [0.25, 0.3) is 0 Å². The summed E-state index contributed by atoms with van der Waals surface area (Å²) in [4.78, 5) is 24.2. The number of nitrogens with one attached hydrogen (secondary N) is 1. The van der Waals surface area contributed by atoms with Crippen LogP contribution in [0.25, 0.3) is 0 Å². The van der Waals surface area contributed by atoms with Gasteiger partial charge >= 0.3 is 0 Å². The number of carbonyl (C=O) groups is 2. The van der Waals surface area contributed by atoms with Crippen LogP contribution in [0.5, 0.6) is 5.75 Å². The summed E-state index contributed by atoms with van der Waals surface area (Å²) in [6.45, 7) is 3.91. The number of rotatable bonds is 7. The van der Waals surface area contributed by atoms with Crippen LogP contribution in [0.4, 0.5) is 0 Å². The summed E-state index contributed by atoms with van der Waals surface area (Å²) in [5.74, 6) is 0.579. The maximum atomic E-state index is 12.1. The van der Waals surface area contributed by atoms with E-state index in [-0.39, 0.29) is 30.6 Å².